The van der Waals surface area contributed by atoms with Crippen LogP contribution >= 0.6 is 23.2 Å². The van der Waals surface area contributed by atoms with Crippen LogP contribution in [0.5, 0.6) is 5.75 Å². The standard InChI is InChI=1S/C37H30Cl2F10N4O9/c1-32(2,3)62-28(55)8-7-27(54)58-11-4-12-59-31(57)60-19-52(33(18-50)9-10-33)30(56)23-13-20(5-6-24(23)38)21-16-51-53(17-21)29-25(39)14-22(15-26(29)61-37(47,48)49)34(40,35(41,42)43)36(44,45)46/h5-8,13-17H,4,9-12,19H2,1-3H3/b8-7+. The number of aromatic nitrogens is 2. The summed E-state index contributed by atoms with van der Waals surface area (Å²) in [5, 5.41) is 12.1. The summed E-state index contributed by atoms with van der Waals surface area (Å²) in [6, 6.07) is 4.86. The Bertz CT molecular complexity index is 2250. The molecule has 0 bridgehead atoms. The minimum absolute atomic E-state index is 0.0203. The van der Waals surface area contributed by atoms with E-state index in [-0.39, 0.29) is 60.3 Å². The molecule has 1 fully saturated rings. The van der Waals surface area contributed by atoms with Crippen LogP contribution in [0.15, 0.2) is 54.9 Å². The van der Waals surface area contributed by atoms with E-state index in [0.717, 1.165) is 35.5 Å². The van der Waals surface area contributed by atoms with Crippen molar-refractivity contribution >= 4 is 47.2 Å². The lowest BCUT2D eigenvalue weighted by Gasteiger charge is -2.31. The number of rotatable bonds is 14. The van der Waals surface area contributed by atoms with E-state index in [1.54, 1.807) is 20.8 Å². The van der Waals surface area contributed by atoms with E-state index in [1.807, 2.05) is 6.07 Å². The van der Waals surface area contributed by atoms with Gasteiger partial charge >= 0.3 is 42.5 Å². The Hall–Kier alpha value is -5.76. The molecule has 0 radical (unpaired) electrons. The Morgan fingerprint density at radius 1 is 0.855 bits per heavy atom. The fourth-order valence-electron chi connectivity index (χ4n) is 5.30. The number of halogens is 12. The van der Waals surface area contributed by atoms with Gasteiger partial charge in [-0.15, -0.1) is 13.2 Å². The maximum atomic E-state index is 14.9. The Labute approximate surface area is 353 Å². The Kier molecular flexibility index (Phi) is 14.4. The third-order valence-corrected chi connectivity index (χ3v) is 8.91. The van der Waals surface area contributed by atoms with E-state index in [0.29, 0.717) is 4.68 Å². The lowest BCUT2D eigenvalue weighted by Crippen LogP contribution is -2.50. The van der Waals surface area contributed by atoms with Gasteiger partial charge in [0.15, 0.2) is 12.5 Å². The fraction of sp³-hybridized carbons (Fsp3) is 0.405. The predicted molar refractivity (Wildman–Crippen MR) is 192 cm³/mol. The van der Waals surface area contributed by atoms with E-state index in [9.17, 15) is 68.3 Å². The first-order valence-electron chi connectivity index (χ1n) is 17.4. The van der Waals surface area contributed by atoms with Crippen molar-refractivity contribution in [2.24, 2.45) is 0 Å². The van der Waals surface area contributed by atoms with Gasteiger partial charge in [0.1, 0.15) is 16.8 Å². The number of nitrogens with zero attached hydrogens (tertiary/aromatic N) is 4. The van der Waals surface area contributed by atoms with Crippen molar-refractivity contribution in [2.45, 2.75) is 75.6 Å². The second-order valence-corrected chi connectivity index (χ2v) is 14.8. The molecule has 62 heavy (non-hydrogen) atoms. The fourth-order valence-corrected chi connectivity index (χ4v) is 5.79. The molecule has 4 rings (SSSR count). The van der Waals surface area contributed by atoms with E-state index in [4.69, 9.17) is 42.1 Å². The molecular formula is C37H30Cl2F10N4O9. The molecule has 0 saturated heterocycles. The Balaban J connectivity index is 1.52. The van der Waals surface area contributed by atoms with E-state index < -0.39 is 94.3 Å². The molecule has 0 unspecified atom stereocenters. The smallest absolute Gasteiger partial charge is 0.462 e. The third kappa shape index (κ3) is 11.8. The molecule has 0 spiro atoms. The van der Waals surface area contributed by atoms with Gasteiger partial charge in [0, 0.05) is 35.9 Å². The highest BCUT2D eigenvalue weighted by Gasteiger charge is 2.73. The van der Waals surface area contributed by atoms with Crippen LogP contribution in [0.2, 0.25) is 10.0 Å². The Morgan fingerprint density at radius 2 is 1.47 bits per heavy atom. The second kappa shape index (κ2) is 18.3. The molecule has 1 amide bonds. The van der Waals surface area contributed by atoms with Gasteiger partial charge in [0.05, 0.1) is 41.1 Å². The quantitative estimate of drug-likeness (QED) is 0.0379. The van der Waals surface area contributed by atoms with Crippen LogP contribution in [0.3, 0.4) is 0 Å². The number of carbonyl (C=O) groups excluding carboxylic acids is 4. The zero-order valence-corrected chi connectivity index (χ0v) is 33.4. The predicted octanol–water partition coefficient (Wildman–Crippen LogP) is 9.47. The van der Waals surface area contributed by atoms with Gasteiger partial charge in [-0.2, -0.15) is 36.7 Å². The van der Waals surface area contributed by atoms with Crippen molar-refractivity contribution in [3.8, 4) is 28.6 Å². The minimum atomic E-state index is -6.71. The molecule has 3 aromatic rings. The lowest BCUT2D eigenvalue weighted by atomic mass is 9.93. The van der Waals surface area contributed by atoms with Crippen LogP contribution in [0.25, 0.3) is 16.8 Å². The molecule has 0 aliphatic heterocycles. The average Bonchev–Trinajstić information content (AvgIpc) is 3.78. The monoisotopic (exact) mass is 934 g/mol. The topological polar surface area (TPSA) is 159 Å². The highest BCUT2D eigenvalue weighted by Crippen LogP contribution is 2.55. The number of nitriles is 1. The van der Waals surface area contributed by atoms with E-state index in [2.05, 4.69) is 9.84 Å². The summed E-state index contributed by atoms with van der Waals surface area (Å²) in [7, 11) is 0. The summed E-state index contributed by atoms with van der Waals surface area (Å²) in [6.07, 6.45) is -16.7. The molecule has 2 aromatic carbocycles. The maximum Gasteiger partial charge on any atom is 0.573 e. The summed E-state index contributed by atoms with van der Waals surface area (Å²) < 4.78 is 160. The SMILES string of the molecule is CC(C)(C)OC(=O)/C=C/C(=O)OCCCOC(=O)OCN(C(=O)c1cc(-c2cnn(-c3c(Cl)cc(C(F)(C(F)(F)F)C(F)(F)F)cc3OC(F)(F)F)c2)ccc1Cl)C1(C#N)CC1. The average molecular weight is 936 g/mol. The van der Waals surface area contributed by atoms with Crippen LogP contribution in [-0.4, -0.2) is 88.5 Å². The van der Waals surface area contributed by atoms with Gasteiger partial charge in [0.2, 0.25) is 0 Å². The summed E-state index contributed by atoms with van der Waals surface area (Å²) >= 11 is 12.2. The third-order valence-electron chi connectivity index (χ3n) is 8.30. The molecular weight excluding hydrogens is 905 g/mol. The van der Waals surface area contributed by atoms with E-state index in [1.165, 1.54) is 12.1 Å². The number of esters is 2. The highest BCUT2D eigenvalue weighted by atomic mass is 35.5. The summed E-state index contributed by atoms with van der Waals surface area (Å²) in [5.41, 5.74) is -12.2. The zero-order chi connectivity index (χ0) is 46.6. The number of amides is 1. The summed E-state index contributed by atoms with van der Waals surface area (Å²) in [4.78, 5) is 50.6. The molecule has 1 heterocycles. The van der Waals surface area contributed by atoms with Crippen molar-refractivity contribution in [1.29, 1.82) is 5.26 Å². The van der Waals surface area contributed by atoms with E-state index >= 15 is 0 Å². The van der Waals surface area contributed by atoms with Gasteiger partial charge in [-0.3, -0.25) is 9.69 Å². The van der Waals surface area contributed by atoms with Crippen LogP contribution in [0, 0.1) is 11.3 Å². The molecule has 1 aliphatic carbocycles. The maximum absolute atomic E-state index is 14.9. The molecule has 25 heteroatoms. The largest absolute Gasteiger partial charge is 0.573 e. The van der Waals surface area contributed by atoms with Crippen molar-refractivity contribution in [3.63, 3.8) is 0 Å². The van der Waals surface area contributed by atoms with Crippen LogP contribution in [0.4, 0.5) is 48.7 Å². The second-order valence-electron chi connectivity index (χ2n) is 14.0. The van der Waals surface area contributed by atoms with Gasteiger partial charge in [-0.1, -0.05) is 29.3 Å². The molecule has 0 N–H and O–H groups in total. The number of benzene rings is 2. The molecule has 336 valence electrons. The lowest BCUT2D eigenvalue weighted by molar-refractivity contribution is -0.348. The summed E-state index contributed by atoms with van der Waals surface area (Å²) in [5.74, 6) is -4.43. The summed E-state index contributed by atoms with van der Waals surface area (Å²) in [6.45, 7) is 3.47. The molecule has 1 saturated carbocycles. The number of alkyl halides is 10. The number of hydrogen-bond donors (Lipinski definition) is 0. The van der Waals surface area contributed by atoms with Crippen LogP contribution < -0.4 is 4.74 Å². The first-order chi connectivity index (χ1) is 28.5. The van der Waals surface area contributed by atoms with Crippen molar-refractivity contribution in [3.05, 3.63) is 76.0 Å². The van der Waals surface area contributed by atoms with Crippen molar-refractivity contribution in [1.82, 2.24) is 14.7 Å². The highest BCUT2D eigenvalue weighted by molar-refractivity contribution is 6.34. The molecule has 13 nitrogen and oxygen atoms in total. The van der Waals surface area contributed by atoms with Crippen LogP contribution in [0.1, 0.15) is 56.0 Å². The first-order valence-corrected chi connectivity index (χ1v) is 18.2. The first kappa shape index (κ1) is 48.9. The normalized spacial score (nSPS) is 14.2. The minimum Gasteiger partial charge on any atom is -0.462 e. The number of ether oxygens (including phenoxy) is 5. The van der Waals surface area contributed by atoms with Crippen molar-refractivity contribution in [2.75, 3.05) is 19.9 Å². The van der Waals surface area contributed by atoms with Crippen LogP contribution in [-0.2, 0) is 34.2 Å². The Morgan fingerprint density at radius 3 is 2.03 bits per heavy atom. The number of hydrogen-bond acceptors (Lipinski definition) is 11. The van der Waals surface area contributed by atoms with Gasteiger partial charge in [0.25, 0.3) is 5.91 Å². The zero-order valence-electron chi connectivity index (χ0n) is 31.9. The molecule has 0 atom stereocenters. The van der Waals surface area contributed by atoms with Gasteiger partial charge in [-0.05, 0) is 63.4 Å². The molecule has 1 aromatic heterocycles. The number of carbonyl (C=O) groups is 4. The molecule has 1 aliphatic rings. The van der Waals surface area contributed by atoms with Gasteiger partial charge < -0.3 is 23.7 Å². The van der Waals surface area contributed by atoms with Gasteiger partial charge in [-0.25, -0.2) is 23.5 Å². The van der Waals surface area contributed by atoms with Crippen molar-refractivity contribution < 1.29 is 86.8 Å².